The number of hydrogen-bond donors (Lipinski definition) is 1. The highest BCUT2D eigenvalue weighted by atomic mass is 32.2. The first-order valence-corrected chi connectivity index (χ1v) is 8.07. The van der Waals surface area contributed by atoms with Gasteiger partial charge < -0.3 is 0 Å². The van der Waals surface area contributed by atoms with E-state index in [4.69, 9.17) is 0 Å². The van der Waals surface area contributed by atoms with Crippen LogP contribution in [-0.4, -0.2) is 14.2 Å². The van der Waals surface area contributed by atoms with Crippen molar-refractivity contribution in [3.8, 4) is 0 Å². The minimum absolute atomic E-state index is 0.0954. The first kappa shape index (κ1) is 15.4. The highest BCUT2D eigenvalue weighted by molar-refractivity contribution is 7.89. The molecule has 0 heterocycles. The van der Waals surface area contributed by atoms with E-state index in [0.717, 1.165) is 5.56 Å². The van der Waals surface area contributed by atoms with Crippen molar-refractivity contribution in [2.24, 2.45) is 0 Å². The molecule has 0 spiro atoms. The molecular weight excluding hydrogens is 286 g/mol. The second-order valence-electron chi connectivity index (χ2n) is 4.84. The van der Waals surface area contributed by atoms with Gasteiger partial charge in [0.25, 0.3) is 0 Å². The number of ketones is 1. The van der Waals surface area contributed by atoms with Crippen LogP contribution in [0.25, 0.3) is 0 Å². The molecule has 2 aromatic carbocycles. The number of benzene rings is 2. The van der Waals surface area contributed by atoms with Gasteiger partial charge in [0.2, 0.25) is 10.0 Å². The van der Waals surface area contributed by atoms with Gasteiger partial charge in [0.1, 0.15) is 0 Å². The van der Waals surface area contributed by atoms with E-state index in [1.165, 1.54) is 19.1 Å². The molecule has 0 amide bonds. The van der Waals surface area contributed by atoms with Crippen molar-refractivity contribution in [1.82, 2.24) is 4.72 Å². The highest BCUT2D eigenvalue weighted by Gasteiger charge is 2.19. The first-order valence-electron chi connectivity index (χ1n) is 6.58. The summed E-state index contributed by atoms with van der Waals surface area (Å²) in [6.07, 6.45) is 0. The van der Waals surface area contributed by atoms with Crippen LogP contribution in [0.5, 0.6) is 0 Å². The summed E-state index contributed by atoms with van der Waals surface area (Å²) in [7, 11) is -3.67. The maximum atomic E-state index is 12.4. The molecule has 0 aromatic heterocycles. The fraction of sp³-hybridized carbons (Fsp3) is 0.188. The average molecular weight is 303 g/mol. The molecule has 0 saturated heterocycles. The maximum absolute atomic E-state index is 12.4. The van der Waals surface area contributed by atoms with Gasteiger partial charge >= 0.3 is 0 Å². The largest absolute Gasteiger partial charge is 0.295 e. The van der Waals surface area contributed by atoms with E-state index in [9.17, 15) is 13.2 Å². The second kappa shape index (κ2) is 6.20. The topological polar surface area (TPSA) is 63.2 Å². The summed E-state index contributed by atoms with van der Waals surface area (Å²) in [4.78, 5) is 11.4. The van der Waals surface area contributed by atoms with Gasteiger partial charge in [-0.15, -0.1) is 0 Å². The van der Waals surface area contributed by atoms with Crippen molar-refractivity contribution >= 4 is 15.8 Å². The van der Waals surface area contributed by atoms with Gasteiger partial charge in [0, 0.05) is 11.6 Å². The summed E-state index contributed by atoms with van der Waals surface area (Å²) in [5.41, 5.74) is 1.26. The quantitative estimate of drug-likeness (QED) is 0.864. The number of carbonyl (C=O) groups is 1. The molecule has 0 radical (unpaired) electrons. The third-order valence-electron chi connectivity index (χ3n) is 3.18. The maximum Gasteiger partial charge on any atom is 0.241 e. The number of nitrogens with one attached hydrogen (secondary N) is 1. The van der Waals surface area contributed by atoms with Gasteiger partial charge in [0.15, 0.2) is 5.78 Å². The number of rotatable bonds is 5. The van der Waals surface area contributed by atoms with Crippen molar-refractivity contribution in [3.63, 3.8) is 0 Å². The fourth-order valence-corrected chi connectivity index (χ4v) is 3.27. The Hall–Kier alpha value is -1.98. The summed E-state index contributed by atoms with van der Waals surface area (Å²) in [6, 6.07) is 15.0. The van der Waals surface area contributed by atoms with Gasteiger partial charge in [-0.2, -0.15) is 0 Å². The van der Waals surface area contributed by atoms with E-state index >= 15 is 0 Å². The third-order valence-corrected chi connectivity index (χ3v) is 4.72. The van der Waals surface area contributed by atoms with E-state index in [-0.39, 0.29) is 16.7 Å². The fourth-order valence-electron chi connectivity index (χ4n) is 1.99. The molecule has 0 unspecified atom stereocenters. The minimum Gasteiger partial charge on any atom is -0.295 e. The van der Waals surface area contributed by atoms with Crippen LogP contribution in [0.1, 0.15) is 35.8 Å². The van der Waals surface area contributed by atoms with Crippen LogP contribution in [0, 0.1) is 0 Å². The molecule has 21 heavy (non-hydrogen) atoms. The Morgan fingerprint density at radius 1 is 1.05 bits per heavy atom. The molecule has 0 saturated carbocycles. The van der Waals surface area contributed by atoms with E-state index in [2.05, 4.69) is 4.72 Å². The van der Waals surface area contributed by atoms with Crippen LogP contribution in [0.4, 0.5) is 0 Å². The van der Waals surface area contributed by atoms with Crippen molar-refractivity contribution < 1.29 is 13.2 Å². The molecule has 0 aliphatic heterocycles. The summed E-state index contributed by atoms with van der Waals surface area (Å²) in [5.74, 6) is -0.164. The standard InChI is InChI=1S/C16H17NO3S/c1-12(14-7-4-3-5-8-14)17-21(19,20)16-10-6-9-15(11-16)13(2)18/h3-12,17H,1-2H3/t12-/m1/s1. The zero-order valence-corrected chi connectivity index (χ0v) is 12.7. The molecule has 0 aliphatic rings. The lowest BCUT2D eigenvalue weighted by molar-refractivity contribution is 0.101. The van der Waals surface area contributed by atoms with E-state index in [1.54, 1.807) is 19.1 Å². The van der Waals surface area contributed by atoms with E-state index in [0.29, 0.717) is 5.56 Å². The lowest BCUT2D eigenvalue weighted by atomic mass is 10.1. The molecule has 2 aromatic rings. The van der Waals surface area contributed by atoms with Crippen LogP contribution in [0.15, 0.2) is 59.5 Å². The summed E-state index contributed by atoms with van der Waals surface area (Å²) in [6.45, 7) is 3.19. The van der Waals surface area contributed by atoms with Gasteiger partial charge in [-0.25, -0.2) is 13.1 Å². The highest BCUT2D eigenvalue weighted by Crippen LogP contribution is 2.17. The lowest BCUT2D eigenvalue weighted by Crippen LogP contribution is -2.27. The van der Waals surface area contributed by atoms with Gasteiger partial charge in [0.05, 0.1) is 4.90 Å². The van der Waals surface area contributed by atoms with Crippen LogP contribution < -0.4 is 4.72 Å². The van der Waals surface area contributed by atoms with Crippen LogP contribution in [-0.2, 0) is 10.0 Å². The molecule has 1 atom stereocenters. The Morgan fingerprint density at radius 2 is 1.71 bits per heavy atom. The minimum atomic E-state index is -3.67. The molecule has 5 heteroatoms. The Labute approximate surface area is 124 Å². The smallest absolute Gasteiger partial charge is 0.241 e. The van der Waals surface area contributed by atoms with E-state index < -0.39 is 10.0 Å². The zero-order valence-electron chi connectivity index (χ0n) is 11.9. The second-order valence-corrected chi connectivity index (χ2v) is 6.55. The van der Waals surface area contributed by atoms with E-state index in [1.807, 2.05) is 30.3 Å². The summed E-state index contributed by atoms with van der Waals surface area (Å²) in [5, 5.41) is 0. The average Bonchev–Trinajstić information content (AvgIpc) is 2.48. The summed E-state index contributed by atoms with van der Waals surface area (Å²) >= 11 is 0. The van der Waals surface area contributed by atoms with Crippen LogP contribution in [0.3, 0.4) is 0 Å². The number of hydrogen-bond acceptors (Lipinski definition) is 3. The SMILES string of the molecule is CC(=O)c1cccc(S(=O)(=O)N[C@H](C)c2ccccc2)c1. The molecule has 0 fully saturated rings. The Bertz CT molecular complexity index is 739. The van der Waals surface area contributed by atoms with Gasteiger partial charge in [-0.1, -0.05) is 42.5 Å². The van der Waals surface area contributed by atoms with Crippen LogP contribution >= 0.6 is 0 Å². The summed E-state index contributed by atoms with van der Waals surface area (Å²) < 4.78 is 27.4. The molecule has 1 N–H and O–H groups in total. The Morgan fingerprint density at radius 3 is 2.33 bits per heavy atom. The lowest BCUT2D eigenvalue weighted by Gasteiger charge is -2.15. The number of carbonyl (C=O) groups excluding carboxylic acids is 1. The molecule has 0 bridgehead atoms. The Kier molecular flexibility index (Phi) is 4.55. The van der Waals surface area contributed by atoms with Gasteiger partial charge in [-0.3, -0.25) is 4.79 Å². The first-order chi connectivity index (χ1) is 9.90. The van der Waals surface area contributed by atoms with Crippen molar-refractivity contribution in [1.29, 1.82) is 0 Å². The number of sulfonamides is 1. The monoisotopic (exact) mass is 303 g/mol. The normalized spacial score (nSPS) is 12.9. The molecule has 2 rings (SSSR count). The molecular formula is C16H17NO3S. The predicted molar refractivity (Wildman–Crippen MR) is 81.6 cm³/mol. The van der Waals surface area contributed by atoms with Crippen molar-refractivity contribution in [2.75, 3.05) is 0 Å². The van der Waals surface area contributed by atoms with Crippen LogP contribution in [0.2, 0.25) is 0 Å². The molecule has 110 valence electrons. The zero-order chi connectivity index (χ0) is 15.5. The van der Waals surface area contributed by atoms with Crippen molar-refractivity contribution in [3.05, 3.63) is 65.7 Å². The third kappa shape index (κ3) is 3.77. The van der Waals surface area contributed by atoms with Gasteiger partial charge in [-0.05, 0) is 31.5 Å². The Balaban J connectivity index is 2.26. The number of Topliss-reactive ketones (excluding diaryl/α,β-unsaturated/α-hetero) is 1. The predicted octanol–water partition coefficient (Wildman–Crippen LogP) is 2.93. The molecule has 4 nitrogen and oxygen atoms in total. The molecule has 0 aliphatic carbocycles. The van der Waals surface area contributed by atoms with Crippen molar-refractivity contribution in [2.45, 2.75) is 24.8 Å².